The fraction of sp³-hybridized carbons (Fsp3) is 0.308. The number of benzene rings is 1. The maximum Gasteiger partial charge on any atom is 0.238 e. The summed E-state index contributed by atoms with van der Waals surface area (Å²) in [7, 11) is 0. The third-order valence-corrected chi connectivity index (χ3v) is 4.62. The van der Waals surface area contributed by atoms with E-state index in [1.165, 1.54) is 17.1 Å². The van der Waals surface area contributed by atoms with E-state index >= 15 is 0 Å². The second-order valence-corrected chi connectivity index (χ2v) is 6.15. The molecule has 1 aromatic heterocycles. The van der Waals surface area contributed by atoms with Crippen LogP contribution in [0.4, 0.5) is 0 Å². The molecule has 0 spiro atoms. The molecule has 2 rings (SSSR count). The molecule has 0 aliphatic carbocycles. The molecule has 0 fully saturated rings. The lowest BCUT2D eigenvalue weighted by molar-refractivity contribution is -0.120. The highest BCUT2D eigenvalue weighted by atomic mass is 32.2. The van der Waals surface area contributed by atoms with Gasteiger partial charge in [-0.05, 0) is 22.7 Å². The van der Waals surface area contributed by atoms with Gasteiger partial charge in [-0.3, -0.25) is 10.2 Å². The molecule has 7 heteroatoms. The minimum absolute atomic E-state index is 0.187. The number of aromatic nitrogens is 2. The Morgan fingerprint density at radius 1 is 1.35 bits per heavy atom. The zero-order valence-corrected chi connectivity index (χ0v) is 12.8. The highest BCUT2D eigenvalue weighted by Gasteiger charge is 2.04. The van der Waals surface area contributed by atoms with Gasteiger partial charge in [-0.2, -0.15) is 4.37 Å². The van der Waals surface area contributed by atoms with Crippen molar-refractivity contribution in [2.75, 3.05) is 0 Å². The van der Waals surface area contributed by atoms with Gasteiger partial charge in [0, 0.05) is 12.2 Å². The monoisotopic (exact) mass is 308 g/mol. The van der Waals surface area contributed by atoms with E-state index < -0.39 is 0 Å². The summed E-state index contributed by atoms with van der Waals surface area (Å²) < 4.78 is 5.25. The Bertz CT molecular complexity index is 568. The Morgan fingerprint density at radius 3 is 2.65 bits per heavy atom. The van der Waals surface area contributed by atoms with Crippen LogP contribution in [0.5, 0.6) is 0 Å². The SMILES string of the molecule is CCc1nsc(SCc2ccc(CC(=O)NN)cc2)n1. The van der Waals surface area contributed by atoms with E-state index in [1.807, 2.05) is 31.2 Å². The lowest BCUT2D eigenvalue weighted by atomic mass is 10.1. The summed E-state index contributed by atoms with van der Waals surface area (Å²) in [6, 6.07) is 7.94. The molecular weight excluding hydrogens is 292 g/mol. The average Bonchev–Trinajstić information content (AvgIpc) is 2.94. The third kappa shape index (κ3) is 4.29. The summed E-state index contributed by atoms with van der Waals surface area (Å²) in [4.78, 5) is 15.6. The first-order valence-corrected chi connectivity index (χ1v) is 7.99. The van der Waals surface area contributed by atoms with Gasteiger partial charge in [0.2, 0.25) is 5.91 Å². The number of hydrazine groups is 1. The predicted octanol–water partition coefficient (Wildman–Crippen LogP) is 1.93. The zero-order valence-electron chi connectivity index (χ0n) is 11.1. The maximum atomic E-state index is 11.2. The number of carbonyl (C=O) groups is 1. The van der Waals surface area contributed by atoms with Gasteiger partial charge in [-0.25, -0.2) is 10.8 Å². The second kappa shape index (κ2) is 7.37. The average molecular weight is 308 g/mol. The molecule has 2 aromatic rings. The van der Waals surface area contributed by atoms with Crippen LogP contribution in [-0.4, -0.2) is 15.3 Å². The van der Waals surface area contributed by atoms with Crippen molar-refractivity contribution < 1.29 is 4.79 Å². The van der Waals surface area contributed by atoms with Crippen molar-refractivity contribution in [1.82, 2.24) is 14.8 Å². The number of amides is 1. The van der Waals surface area contributed by atoms with Crippen molar-refractivity contribution >= 4 is 29.2 Å². The molecule has 1 heterocycles. The molecule has 1 aromatic carbocycles. The quantitative estimate of drug-likeness (QED) is 0.369. The van der Waals surface area contributed by atoms with E-state index in [2.05, 4.69) is 14.8 Å². The number of nitrogens with one attached hydrogen (secondary N) is 1. The number of carbonyl (C=O) groups excluding carboxylic acids is 1. The molecule has 0 saturated carbocycles. The van der Waals surface area contributed by atoms with Crippen molar-refractivity contribution in [2.45, 2.75) is 29.9 Å². The Labute approximate surface area is 126 Å². The summed E-state index contributed by atoms with van der Waals surface area (Å²) >= 11 is 3.12. The first kappa shape index (κ1) is 15.0. The minimum Gasteiger partial charge on any atom is -0.294 e. The third-order valence-electron chi connectivity index (χ3n) is 2.68. The van der Waals surface area contributed by atoms with Crippen LogP contribution in [0.25, 0.3) is 0 Å². The van der Waals surface area contributed by atoms with E-state index in [1.54, 1.807) is 11.8 Å². The molecule has 0 bridgehead atoms. The summed E-state index contributed by atoms with van der Waals surface area (Å²) in [5.74, 6) is 6.63. The fourth-order valence-electron chi connectivity index (χ4n) is 1.58. The van der Waals surface area contributed by atoms with Crippen LogP contribution in [0.2, 0.25) is 0 Å². The van der Waals surface area contributed by atoms with Crippen molar-refractivity contribution in [3.8, 4) is 0 Å². The van der Waals surface area contributed by atoms with E-state index in [9.17, 15) is 4.79 Å². The summed E-state index contributed by atoms with van der Waals surface area (Å²) in [5.41, 5.74) is 4.27. The van der Waals surface area contributed by atoms with Gasteiger partial charge in [-0.15, -0.1) is 0 Å². The van der Waals surface area contributed by atoms with Gasteiger partial charge in [-0.1, -0.05) is 43.0 Å². The molecule has 0 unspecified atom stereocenters. The number of rotatable bonds is 6. The van der Waals surface area contributed by atoms with Gasteiger partial charge in [0.1, 0.15) is 5.82 Å². The second-order valence-electron chi connectivity index (χ2n) is 4.18. The van der Waals surface area contributed by atoms with Crippen molar-refractivity contribution in [2.24, 2.45) is 5.84 Å². The van der Waals surface area contributed by atoms with Crippen LogP contribution in [0.1, 0.15) is 23.9 Å². The number of nitrogens with two attached hydrogens (primary N) is 1. The maximum absolute atomic E-state index is 11.2. The Hall–Kier alpha value is -1.44. The Kier molecular flexibility index (Phi) is 5.51. The van der Waals surface area contributed by atoms with Gasteiger partial charge in [0.25, 0.3) is 0 Å². The van der Waals surface area contributed by atoms with Crippen LogP contribution >= 0.6 is 23.3 Å². The van der Waals surface area contributed by atoms with Crippen LogP contribution in [0, 0.1) is 0 Å². The van der Waals surface area contributed by atoms with Gasteiger partial charge < -0.3 is 0 Å². The molecule has 3 N–H and O–H groups in total. The van der Waals surface area contributed by atoms with E-state index in [0.717, 1.165) is 27.9 Å². The number of hydrogen-bond donors (Lipinski definition) is 2. The molecule has 0 atom stereocenters. The number of hydrogen-bond acceptors (Lipinski definition) is 6. The normalized spacial score (nSPS) is 10.5. The van der Waals surface area contributed by atoms with Gasteiger partial charge in [0.15, 0.2) is 4.34 Å². The highest BCUT2D eigenvalue weighted by molar-refractivity contribution is 8.00. The molecular formula is C13H16N4OS2. The summed E-state index contributed by atoms with van der Waals surface area (Å²) in [6.07, 6.45) is 1.18. The minimum atomic E-state index is -0.187. The molecule has 1 amide bonds. The first-order valence-electron chi connectivity index (χ1n) is 6.24. The Morgan fingerprint density at radius 2 is 2.05 bits per heavy atom. The molecule has 0 radical (unpaired) electrons. The molecule has 5 nitrogen and oxygen atoms in total. The smallest absolute Gasteiger partial charge is 0.238 e. The van der Waals surface area contributed by atoms with Crippen LogP contribution < -0.4 is 11.3 Å². The number of thioether (sulfide) groups is 1. The van der Waals surface area contributed by atoms with E-state index in [-0.39, 0.29) is 5.91 Å². The molecule has 0 aliphatic heterocycles. The topological polar surface area (TPSA) is 80.9 Å². The van der Waals surface area contributed by atoms with Crippen molar-refractivity contribution in [3.05, 3.63) is 41.2 Å². The molecule has 0 aliphatic rings. The highest BCUT2D eigenvalue weighted by Crippen LogP contribution is 2.24. The largest absolute Gasteiger partial charge is 0.294 e. The lowest BCUT2D eigenvalue weighted by Crippen LogP contribution is -2.31. The van der Waals surface area contributed by atoms with Gasteiger partial charge in [0.05, 0.1) is 6.42 Å². The standard InChI is InChI=1S/C13H16N4OS2/c1-2-11-15-13(20-17-11)19-8-10-5-3-9(4-6-10)7-12(18)16-14/h3-6H,2,7-8,14H2,1H3,(H,16,18). The molecule has 20 heavy (non-hydrogen) atoms. The first-order chi connectivity index (χ1) is 9.71. The van der Waals surface area contributed by atoms with Crippen molar-refractivity contribution in [1.29, 1.82) is 0 Å². The number of nitrogens with zero attached hydrogens (tertiary/aromatic N) is 2. The summed E-state index contributed by atoms with van der Waals surface area (Å²) in [6.45, 7) is 2.05. The van der Waals surface area contributed by atoms with E-state index in [4.69, 9.17) is 5.84 Å². The van der Waals surface area contributed by atoms with Crippen LogP contribution in [0.3, 0.4) is 0 Å². The van der Waals surface area contributed by atoms with Gasteiger partial charge >= 0.3 is 0 Å². The van der Waals surface area contributed by atoms with Crippen LogP contribution in [-0.2, 0) is 23.4 Å². The van der Waals surface area contributed by atoms with Crippen LogP contribution in [0.15, 0.2) is 28.6 Å². The zero-order chi connectivity index (χ0) is 14.4. The van der Waals surface area contributed by atoms with Crippen molar-refractivity contribution in [3.63, 3.8) is 0 Å². The van der Waals surface area contributed by atoms with E-state index in [0.29, 0.717) is 6.42 Å². The molecule has 0 saturated heterocycles. The number of aryl methyl sites for hydroxylation is 1. The Balaban J connectivity index is 1.88. The predicted molar refractivity (Wildman–Crippen MR) is 81.3 cm³/mol. The molecule has 106 valence electrons. The lowest BCUT2D eigenvalue weighted by Gasteiger charge is -2.02. The summed E-state index contributed by atoms with van der Waals surface area (Å²) in [5, 5.41) is 0. The fourth-order valence-corrected chi connectivity index (χ4v) is 3.23.